The van der Waals surface area contributed by atoms with Gasteiger partial charge in [-0.25, -0.2) is 8.42 Å². The summed E-state index contributed by atoms with van der Waals surface area (Å²) in [6, 6.07) is 9.45. The minimum absolute atomic E-state index is 0.0211. The Balaban J connectivity index is 1.89. The molecule has 1 N–H and O–H groups in total. The van der Waals surface area contributed by atoms with E-state index in [9.17, 15) is 8.42 Å². The van der Waals surface area contributed by atoms with Crippen LogP contribution in [0.2, 0.25) is 5.02 Å². The van der Waals surface area contributed by atoms with Gasteiger partial charge >= 0.3 is 0 Å². The van der Waals surface area contributed by atoms with Crippen LogP contribution in [0.25, 0.3) is 0 Å². The zero-order chi connectivity index (χ0) is 14.9. The molecule has 2 aromatic rings. The molecule has 0 saturated carbocycles. The van der Waals surface area contributed by atoms with Crippen LogP contribution in [-0.4, -0.2) is 15.0 Å². The lowest BCUT2D eigenvalue weighted by molar-refractivity contribution is 0.321. The summed E-state index contributed by atoms with van der Waals surface area (Å²) in [6.45, 7) is 0.935. The van der Waals surface area contributed by atoms with Gasteiger partial charge < -0.3 is 9.73 Å². The molecule has 1 fully saturated rings. The van der Waals surface area contributed by atoms with Crippen molar-refractivity contribution in [3.8, 4) is 0 Å². The number of nitrogens with one attached hydrogen (secondary N) is 1. The Labute approximate surface area is 129 Å². The SMILES string of the molecule is O=S(=O)(c1ccc(Cl)cc1)c1ccc([C@H]2CCCCN2)o1. The molecular formula is C15H16ClNO3S. The third-order valence-electron chi connectivity index (χ3n) is 3.64. The molecule has 1 aliphatic heterocycles. The summed E-state index contributed by atoms with van der Waals surface area (Å²) >= 11 is 5.79. The molecular weight excluding hydrogens is 310 g/mol. The maximum absolute atomic E-state index is 12.5. The van der Waals surface area contributed by atoms with Crippen molar-refractivity contribution in [2.24, 2.45) is 0 Å². The van der Waals surface area contributed by atoms with Gasteiger partial charge in [-0.2, -0.15) is 0 Å². The van der Waals surface area contributed by atoms with Crippen LogP contribution in [-0.2, 0) is 9.84 Å². The van der Waals surface area contributed by atoms with E-state index in [1.54, 1.807) is 18.2 Å². The smallest absolute Gasteiger partial charge is 0.239 e. The van der Waals surface area contributed by atoms with Gasteiger partial charge in [-0.3, -0.25) is 0 Å². The third-order valence-corrected chi connectivity index (χ3v) is 5.54. The molecule has 6 heteroatoms. The Morgan fingerprint density at radius 2 is 1.86 bits per heavy atom. The minimum atomic E-state index is -3.63. The molecule has 0 unspecified atom stereocenters. The second-order valence-corrected chi connectivity index (χ2v) is 7.43. The van der Waals surface area contributed by atoms with E-state index in [2.05, 4.69) is 5.32 Å². The van der Waals surface area contributed by atoms with Gasteiger partial charge in [0.05, 0.1) is 10.9 Å². The van der Waals surface area contributed by atoms with Crippen LogP contribution in [0, 0.1) is 0 Å². The quantitative estimate of drug-likeness (QED) is 0.937. The van der Waals surface area contributed by atoms with E-state index in [0.29, 0.717) is 10.8 Å². The highest BCUT2D eigenvalue weighted by atomic mass is 35.5. The zero-order valence-corrected chi connectivity index (χ0v) is 13.0. The fourth-order valence-electron chi connectivity index (χ4n) is 2.49. The monoisotopic (exact) mass is 325 g/mol. The maximum Gasteiger partial charge on any atom is 0.239 e. The molecule has 0 aliphatic carbocycles. The maximum atomic E-state index is 12.5. The van der Waals surface area contributed by atoms with Crippen LogP contribution in [0.1, 0.15) is 31.1 Å². The van der Waals surface area contributed by atoms with Crippen LogP contribution in [0.15, 0.2) is 50.8 Å². The molecule has 1 aromatic carbocycles. The lowest BCUT2D eigenvalue weighted by Crippen LogP contribution is -2.26. The molecule has 0 amide bonds. The third kappa shape index (κ3) is 3.00. The topological polar surface area (TPSA) is 59.3 Å². The van der Waals surface area contributed by atoms with E-state index in [1.165, 1.54) is 18.2 Å². The Hall–Kier alpha value is -1.30. The molecule has 1 aromatic heterocycles. The first-order valence-corrected chi connectivity index (χ1v) is 8.77. The average molecular weight is 326 g/mol. The zero-order valence-electron chi connectivity index (χ0n) is 11.4. The van der Waals surface area contributed by atoms with Gasteiger partial charge in [-0.05, 0) is 55.8 Å². The van der Waals surface area contributed by atoms with Crippen molar-refractivity contribution in [1.82, 2.24) is 5.32 Å². The van der Waals surface area contributed by atoms with Crippen molar-refractivity contribution >= 4 is 21.4 Å². The van der Waals surface area contributed by atoms with E-state index in [0.717, 1.165) is 25.8 Å². The predicted octanol–water partition coefficient (Wildman–Crippen LogP) is 3.58. The molecule has 4 nitrogen and oxygen atoms in total. The lowest BCUT2D eigenvalue weighted by Gasteiger charge is -2.21. The Bertz CT molecular complexity index is 716. The van der Waals surface area contributed by atoms with Gasteiger partial charge in [0.15, 0.2) is 0 Å². The molecule has 1 atom stereocenters. The number of sulfone groups is 1. The Morgan fingerprint density at radius 3 is 2.52 bits per heavy atom. The second-order valence-electron chi connectivity index (χ2n) is 5.12. The van der Waals surface area contributed by atoms with E-state index >= 15 is 0 Å². The number of piperidine rings is 1. The van der Waals surface area contributed by atoms with Gasteiger partial charge in [0, 0.05) is 5.02 Å². The fraction of sp³-hybridized carbons (Fsp3) is 0.333. The van der Waals surface area contributed by atoms with Crippen molar-refractivity contribution in [3.05, 3.63) is 47.2 Å². The molecule has 0 spiro atoms. The molecule has 1 saturated heterocycles. The van der Waals surface area contributed by atoms with Crippen molar-refractivity contribution in [2.75, 3.05) is 6.54 Å². The minimum Gasteiger partial charge on any atom is -0.448 e. The van der Waals surface area contributed by atoms with Crippen molar-refractivity contribution in [2.45, 2.75) is 35.3 Å². The molecule has 3 rings (SSSR count). The normalized spacial score (nSPS) is 19.6. The van der Waals surface area contributed by atoms with Crippen molar-refractivity contribution < 1.29 is 12.8 Å². The van der Waals surface area contributed by atoms with Gasteiger partial charge in [-0.15, -0.1) is 0 Å². The highest BCUT2D eigenvalue weighted by Gasteiger charge is 2.24. The molecule has 1 aliphatic rings. The summed E-state index contributed by atoms with van der Waals surface area (Å²) in [7, 11) is -3.63. The highest BCUT2D eigenvalue weighted by Crippen LogP contribution is 2.29. The fourth-order valence-corrected chi connectivity index (χ4v) is 3.80. The lowest BCUT2D eigenvalue weighted by atomic mass is 10.0. The van der Waals surface area contributed by atoms with Crippen LogP contribution in [0.5, 0.6) is 0 Å². The van der Waals surface area contributed by atoms with Crippen LogP contribution < -0.4 is 5.32 Å². The number of hydrogen-bond donors (Lipinski definition) is 1. The second kappa shape index (κ2) is 5.83. The van der Waals surface area contributed by atoms with Gasteiger partial charge in [0.2, 0.25) is 14.9 Å². The van der Waals surface area contributed by atoms with E-state index in [1.807, 2.05) is 0 Å². The van der Waals surface area contributed by atoms with E-state index in [4.69, 9.17) is 16.0 Å². The highest BCUT2D eigenvalue weighted by molar-refractivity contribution is 7.91. The average Bonchev–Trinajstić information content (AvgIpc) is 2.99. The first-order valence-electron chi connectivity index (χ1n) is 6.91. The van der Waals surface area contributed by atoms with Crippen LogP contribution >= 0.6 is 11.6 Å². The molecule has 21 heavy (non-hydrogen) atoms. The first-order chi connectivity index (χ1) is 10.1. The molecule has 0 bridgehead atoms. The van der Waals surface area contributed by atoms with Crippen molar-refractivity contribution in [3.63, 3.8) is 0 Å². The summed E-state index contributed by atoms with van der Waals surface area (Å²) in [6.07, 6.45) is 3.23. The summed E-state index contributed by atoms with van der Waals surface area (Å²) in [5.74, 6) is 0.683. The molecule has 2 heterocycles. The number of hydrogen-bond acceptors (Lipinski definition) is 4. The summed E-state index contributed by atoms with van der Waals surface area (Å²) in [5, 5.41) is 3.82. The summed E-state index contributed by atoms with van der Waals surface area (Å²) in [5.41, 5.74) is 0. The molecule has 0 radical (unpaired) electrons. The largest absolute Gasteiger partial charge is 0.448 e. The van der Waals surface area contributed by atoms with E-state index < -0.39 is 9.84 Å². The van der Waals surface area contributed by atoms with Gasteiger partial charge in [0.25, 0.3) is 0 Å². The van der Waals surface area contributed by atoms with Crippen LogP contribution in [0.3, 0.4) is 0 Å². The predicted molar refractivity (Wildman–Crippen MR) is 80.2 cm³/mol. The summed E-state index contributed by atoms with van der Waals surface area (Å²) < 4.78 is 30.6. The van der Waals surface area contributed by atoms with Gasteiger partial charge in [0.1, 0.15) is 5.76 Å². The first kappa shape index (κ1) is 14.6. The van der Waals surface area contributed by atoms with Crippen LogP contribution in [0.4, 0.5) is 0 Å². The Morgan fingerprint density at radius 1 is 1.10 bits per heavy atom. The standard InChI is InChI=1S/C15H16ClNO3S/c16-11-4-6-12(7-5-11)21(18,19)15-9-8-14(20-15)13-3-1-2-10-17-13/h4-9,13,17H,1-3,10H2/t13-/m1/s1. The van der Waals surface area contributed by atoms with Crippen molar-refractivity contribution in [1.29, 1.82) is 0 Å². The number of furan rings is 1. The number of halogens is 1. The Kier molecular flexibility index (Phi) is 4.06. The van der Waals surface area contributed by atoms with E-state index in [-0.39, 0.29) is 16.0 Å². The summed E-state index contributed by atoms with van der Waals surface area (Å²) in [4.78, 5) is 0.185. The van der Waals surface area contributed by atoms with Gasteiger partial charge in [-0.1, -0.05) is 18.0 Å². The molecule has 112 valence electrons. The number of benzene rings is 1. The number of rotatable bonds is 3.